The van der Waals surface area contributed by atoms with E-state index in [1.807, 2.05) is 18.2 Å². The maximum Gasteiger partial charge on any atom is 0.433 e. The minimum Gasteiger partial charge on any atom is -0.507 e. The summed E-state index contributed by atoms with van der Waals surface area (Å²) in [5, 5.41) is 26.8. The number of carbonyl (C=O) groups excluding carboxylic acids is 1. The first kappa shape index (κ1) is 27.1. The quantitative estimate of drug-likeness (QED) is 0.195. The maximum absolute atomic E-state index is 13.4. The second kappa shape index (κ2) is 11.4. The number of piperazine rings is 1. The van der Waals surface area contributed by atoms with E-state index in [-0.39, 0.29) is 28.9 Å². The monoisotopic (exact) mass is 583 g/mol. The van der Waals surface area contributed by atoms with Crippen molar-refractivity contribution in [1.29, 1.82) is 0 Å². The number of hydrogen-bond acceptors (Lipinski definition) is 11. The van der Waals surface area contributed by atoms with Gasteiger partial charge in [0.15, 0.2) is 5.82 Å². The lowest BCUT2D eigenvalue weighted by molar-refractivity contribution is -0.402. The number of nitrogens with one attached hydrogen (secondary N) is 1. The molecule has 6 rings (SSSR count). The molecule has 0 bridgehead atoms. The number of phenols is 1. The fourth-order valence-electron chi connectivity index (χ4n) is 4.58. The smallest absolute Gasteiger partial charge is 0.433 e. The SMILES string of the molecule is CN1CCN(c2ccc3nc(C=Cc4ccc([N+](=O)[O-])o4)nc(NC(=O)c4csc(-c5ccccc5O)n4)c3c2)CC1. The van der Waals surface area contributed by atoms with Crippen LogP contribution in [0.15, 0.2) is 64.4 Å². The molecule has 12 nitrogen and oxygen atoms in total. The number of likely N-dealkylation sites (N-methyl/N-ethyl adjacent to an activating group) is 1. The van der Waals surface area contributed by atoms with Gasteiger partial charge in [-0.1, -0.05) is 12.1 Å². The Morgan fingerprint density at radius 3 is 2.64 bits per heavy atom. The van der Waals surface area contributed by atoms with E-state index >= 15 is 0 Å². The molecule has 0 spiro atoms. The van der Waals surface area contributed by atoms with Gasteiger partial charge in [-0.2, -0.15) is 0 Å². The standard InChI is InChI=1S/C29H25N7O5S/c1-34-12-14-35(15-13-34)18-6-9-22-21(16-18)27(32-25(30-22)10-7-19-8-11-26(41-19)36(39)40)33-28(38)23-17-42-29(31-23)20-4-2-3-5-24(20)37/h2-11,16-17,37H,12-15H2,1H3,(H,30,32,33,38). The summed E-state index contributed by atoms with van der Waals surface area (Å²) in [4.78, 5) is 41.9. The van der Waals surface area contributed by atoms with Crippen molar-refractivity contribution in [3.05, 3.63) is 87.4 Å². The van der Waals surface area contributed by atoms with Gasteiger partial charge in [-0.15, -0.1) is 11.3 Å². The van der Waals surface area contributed by atoms with Crippen molar-refractivity contribution < 1.29 is 19.2 Å². The summed E-state index contributed by atoms with van der Waals surface area (Å²) >= 11 is 1.25. The van der Waals surface area contributed by atoms with Crippen molar-refractivity contribution in [2.45, 2.75) is 0 Å². The predicted octanol–water partition coefficient (Wildman–Crippen LogP) is 5.13. The molecule has 42 heavy (non-hydrogen) atoms. The number of nitro groups is 1. The number of furan rings is 1. The number of rotatable bonds is 7. The van der Waals surface area contributed by atoms with Gasteiger partial charge in [0.1, 0.15) is 33.0 Å². The molecule has 1 aliphatic heterocycles. The summed E-state index contributed by atoms with van der Waals surface area (Å²) in [5.41, 5.74) is 2.32. The van der Waals surface area contributed by atoms with E-state index in [1.165, 1.54) is 29.5 Å². The summed E-state index contributed by atoms with van der Waals surface area (Å²) < 4.78 is 5.20. The minimum atomic E-state index is -0.613. The van der Waals surface area contributed by atoms with Gasteiger partial charge in [-0.05, 0) is 55.6 Å². The van der Waals surface area contributed by atoms with E-state index in [4.69, 9.17) is 4.42 Å². The summed E-state index contributed by atoms with van der Waals surface area (Å²) in [7, 11) is 2.10. The Morgan fingerprint density at radius 1 is 1.07 bits per heavy atom. The third kappa shape index (κ3) is 5.68. The van der Waals surface area contributed by atoms with Crippen LogP contribution >= 0.6 is 11.3 Å². The second-order valence-corrected chi connectivity index (χ2v) is 10.6. The highest BCUT2D eigenvalue weighted by atomic mass is 32.1. The van der Waals surface area contributed by atoms with Crippen molar-refractivity contribution in [1.82, 2.24) is 19.9 Å². The number of phenolic OH excluding ortho intramolecular Hbond substituents is 1. The van der Waals surface area contributed by atoms with Crippen LogP contribution in [0.5, 0.6) is 5.75 Å². The molecular weight excluding hydrogens is 558 g/mol. The van der Waals surface area contributed by atoms with Crippen LogP contribution in [0.2, 0.25) is 0 Å². The van der Waals surface area contributed by atoms with Crippen molar-refractivity contribution in [3.63, 3.8) is 0 Å². The van der Waals surface area contributed by atoms with Gasteiger partial charge >= 0.3 is 5.88 Å². The molecule has 0 atom stereocenters. The Bertz CT molecular complexity index is 1820. The van der Waals surface area contributed by atoms with Crippen LogP contribution in [-0.4, -0.2) is 69.0 Å². The first-order chi connectivity index (χ1) is 20.3. The molecule has 3 aromatic heterocycles. The second-order valence-electron chi connectivity index (χ2n) is 9.70. The molecule has 212 valence electrons. The molecule has 0 aliphatic carbocycles. The van der Waals surface area contributed by atoms with Crippen LogP contribution < -0.4 is 10.2 Å². The Balaban J connectivity index is 1.34. The fourth-order valence-corrected chi connectivity index (χ4v) is 5.41. The number of para-hydroxylation sites is 1. The maximum atomic E-state index is 13.4. The zero-order valence-corrected chi connectivity index (χ0v) is 23.2. The van der Waals surface area contributed by atoms with Gasteiger partial charge in [0.25, 0.3) is 5.91 Å². The first-order valence-corrected chi connectivity index (χ1v) is 13.9. The molecule has 2 aromatic carbocycles. The minimum absolute atomic E-state index is 0.0790. The molecule has 1 fully saturated rings. The van der Waals surface area contributed by atoms with Gasteiger partial charge in [0, 0.05) is 42.6 Å². The molecule has 0 radical (unpaired) electrons. The molecule has 4 heterocycles. The number of thiazole rings is 1. The number of carbonyl (C=O) groups is 1. The molecule has 0 unspecified atom stereocenters. The topological polar surface area (TPSA) is 151 Å². The number of fused-ring (bicyclic) bond motifs is 1. The van der Waals surface area contributed by atoms with Crippen LogP contribution in [0, 0.1) is 10.1 Å². The largest absolute Gasteiger partial charge is 0.507 e. The number of hydrogen-bond donors (Lipinski definition) is 2. The lowest BCUT2D eigenvalue weighted by Crippen LogP contribution is -2.44. The molecule has 1 saturated heterocycles. The van der Waals surface area contributed by atoms with Gasteiger partial charge < -0.3 is 24.6 Å². The van der Waals surface area contributed by atoms with Crippen LogP contribution in [0.3, 0.4) is 0 Å². The molecule has 1 aliphatic rings. The molecule has 2 N–H and O–H groups in total. The van der Waals surface area contributed by atoms with Crippen LogP contribution in [-0.2, 0) is 0 Å². The molecule has 0 saturated carbocycles. The lowest BCUT2D eigenvalue weighted by atomic mass is 10.1. The third-order valence-electron chi connectivity index (χ3n) is 6.86. The number of benzene rings is 2. The highest BCUT2D eigenvalue weighted by Gasteiger charge is 2.19. The van der Waals surface area contributed by atoms with E-state index in [2.05, 4.69) is 37.1 Å². The molecular formula is C29H25N7O5S. The van der Waals surface area contributed by atoms with E-state index < -0.39 is 10.8 Å². The Kier molecular flexibility index (Phi) is 7.33. The van der Waals surface area contributed by atoms with Gasteiger partial charge in [-0.3, -0.25) is 14.9 Å². The van der Waals surface area contributed by atoms with Gasteiger partial charge in [0.05, 0.1) is 17.1 Å². The van der Waals surface area contributed by atoms with E-state index in [0.717, 1.165) is 31.9 Å². The summed E-state index contributed by atoms with van der Waals surface area (Å²) in [5.74, 6) is 0.0795. The van der Waals surface area contributed by atoms with Crippen molar-refractivity contribution in [3.8, 4) is 16.3 Å². The number of aromatic hydroxyl groups is 1. The van der Waals surface area contributed by atoms with Crippen molar-refractivity contribution >= 4 is 57.7 Å². The lowest BCUT2D eigenvalue weighted by Gasteiger charge is -2.34. The summed E-state index contributed by atoms with van der Waals surface area (Å²) in [6.45, 7) is 3.62. The molecule has 13 heteroatoms. The summed E-state index contributed by atoms with van der Waals surface area (Å²) in [6.07, 6.45) is 3.09. The van der Waals surface area contributed by atoms with E-state index in [9.17, 15) is 20.0 Å². The summed E-state index contributed by atoms with van der Waals surface area (Å²) in [6, 6.07) is 15.4. The van der Waals surface area contributed by atoms with Crippen molar-refractivity contribution in [2.24, 2.45) is 0 Å². The highest BCUT2D eigenvalue weighted by Crippen LogP contribution is 2.32. The van der Waals surface area contributed by atoms with Crippen LogP contribution in [0.25, 0.3) is 33.6 Å². The van der Waals surface area contributed by atoms with E-state index in [1.54, 1.807) is 35.7 Å². The fraction of sp³-hybridized carbons (Fsp3) is 0.172. The number of nitrogens with zero attached hydrogens (tertiary/aromatic N) is 6. The van der Waals surface area contributed by atoms with Gasteiger partial charge in [0.2, 0.25) is 0 Å². The number of amides is 1. The normalized spacial score (nSPS) is 14.1. The molecule has 1 amide bonds. The third-order valence-corrected chi connectivity index (χ3v) is 7.73. The first-order valence-electron chi connectivity index (χ1n) is 13.1. The van der Waals surface area contributed by atoms with Crippen molar-refractivity contribution in [2.75, 3.05) is 43.4 Å². The van der Waals surface area contributed by atoms with Gasteiger partial charge in [-0.25, -0.2) is 15.0 Å². The highest BCUT2D eigenvalue weighted by molar-refractivity contribution is 7.13. The van der Waals surface area contributed by atoms with E-state index in [0.29, 0.717) is 27.3 Å². The number of aromatic nitrogens is 3. The Labute approximate surface area is 243 Å². The average Bonchev–Trinajstić information content (AvgIpc) is 3.67. The average molecular weight is 584 g/mol. The Morgan fingerprint density at radius 2 is 1.88 bits per heavy atom. The van der Waals surface area contributed by atoms with Crippen LogP contribution in [0.1, 0.15) is 22.1 Å². The predicted molar refractivity (Wildman–Crippen MR) is 161 cm³/mol. The molecule has 5 aromatic rings. The zero-order valence-electron chi connectivity index (χ0n) is 22.4. The number of anilines is 2. The van der Waals surface area contributed by atoms with Crippen LogP contribution in [0.4, 0.5) is 17.4 Å². The Hall–Kier alpha value is -5.14. The zero-order chi connectivity index (χ0) is 29.2.